The number of para-hydroxylation sites is 1. The Kier molecular flexibility index (Phi) is 5.19. The molecule has 0 bridgehead atoms. The van der Waals surface area contributed by atoms with E-state index in [0.717, 1.165) is 43.2 Å². The normalized spacial score (nSPS) is 15.9. The Balaban J connectivity index is 1.77. The van der Waals surface area contributed by atoms with E-state index < -0.39 is 11.9 Å². The van der Waals surface area contributed by atoms with E-state index in [2.05, 4.69) is 20.2 Å². The number of nitrogens with zero attached hydrogens (tertiary/aromatic N) is 4. The quantitative estimate of drug-likeness (QED) is 0.501. The summed E-state index contributed by atoms with van der Waals surface area (Å²) in [4.78, 5) is 11.8. The molecule has 1 saturated heterocycles. The van der Waals surface area contributed by atoms with Gasteiger partial charge in [-0.05, 0) is 23.9 Å². The predicted octanol–water partition coefficient (Wildman–Crippen LogP) is 4.55. The highest BCUT2D eigenvalue weighted by atomic mass is 32.1. The van der Waals surface area contributed by atoms with Crippen LogP contribution in [-0.4, -0.2) is 52.2 Å². The molecule has 0 saturated carbocycles. The number of fused-ring (bicyclic) bond motifs is 3. The van der Waals surface area contributed by atoms with Gasteiger partial charge in [-0.15, -0.1) is 11.3 Å². The van der Waals surface area contributed by atoms with Crippen molar-refractivity contribution in [2.24, 2.45) is 0 Å². The molecule has 1 aliphatic rings. The summed E-state index contributed by atoms with van der Waals surface area (Å²) in [5.41, 5.74) is 0.623. The molecule has 1 aromatic carbocycles. The summed E-state index contributed by atoms with van der Waals surface area (Å²) in [7, 11) is 0. The van der Waals surface area contributed by atoms with Crippen LogP contribution in [0.15, 0.2) is 35.7 Å². The number of aromatic nitrogens is 3. The van der Waals surface area contributed by atoms with E-state index >= 15 is 0 Å². The van der Waals surface area contributed by atoms with Gasteiger partial charge in [-0.3, -0.25) is 4.90 Å². The van der Waals surface area contributed by atoms with Crippen LogP contribution in [0.5, 0.6) is 0 Å². The standard InChI is InChI=1S/C22H22F3N5S/c1-14-4-2-5-15-17(14)27-20(22(23,24)25)18-19(15)30(12-11-29-9-7-26-8-10-29)21(28-18)16-6-3-13-31-16/h2-6,13,26H,7-12H2,1H3. The van der Waals surface area contributed by atoms with Crippen LogP contribution < -0.4 is 5.32 Å². The molecule has 1 N–H and O–H groups in total. The third-order valence-corrected chi connectivity index (χ3v) is 6.63. The smallest absolute Gasteiger partial charge is 0.321 e. The van der Waals surface area contributed by atoms with E-state index in [1.165, 1.54) is 11.3 Å². The first-order valence-corrected chi connectivity index (χ1v) is 11.1. The van der Waals surface area contributed by atoms with Gasteiger partial charge in [0, 0.05) is 44.7 Å². The van der Waals surface area contributed by atoms with Crippen molar-refractivity contribution in [2.45, 2.75) is 19.6 Å². The highest BCUT2D eigenvalue weighted by Gasteiger charge is 2.38. The van der Waals surface area contributed by atoms with Crippen molar-refractivity contribution >= 4 is 33.3 Å². The highest BCUT2D eigenvalue weighted by molar-refractivity contribution is 7.13. The molecule has 162 valence electrons. The summed E-state index contributed by atoms with van der Waals surface area (Å²) in [5.74, 6) is 0.571. The Bertz CT molecular complexity index is 1220. The number of hydrogen-bond donors (Lipinski definition) is 1. The predicted molar refractivity (Wildman–Crippen MR) is 117 cm³/mol. The molecular weight excluding hydrogens is 423 g/mol. The molecule has 0 spiro atoms. The molecule has 5 rings (SSSR count). The highest BCUT2D eigenvalue weighted by Crippen LogP contribution is 2.39. The van der Waals surface area contributed by atoms with Crippen LogP contribution in [0.3, 0.4) is 0 Å². The molecule has 0 atom stereocenters. The number of benzene rings is 1. The van der Waals surface area contributed by atoms with Gasteiger partial charge in [0.05, 0.1) is 15.9 Å². The SMILES string of the molecule is Cc1cccc2c1nc(C(F)(F)F)c1nc(-c3cccs3)n(CCN3CCNCC3)c12. The van der Waals surface area contributed by atoms with Crippen LogP contribution in [0.4, 0.5) is 13.2 Å². The summed E-state index contributed by atoms with van der Waals surface area (Å²) in [6, 6.07) is 9.30. The number of alkyl halides is 3. The van der Waals surface area contributed by atoms with Gasteiger partial charge < -0.3 is 9.88 Å². The van der Waals surface area contributed by atoms with Gasteiger partial charge in [0.15, 0.2) is 11.5 Å². The number of rotatable bonds is 4. The van der Waals surface area contributed by atoms with Crippen molar-refractivity contribution in [1.29, 1.82) is 0 Å². The molecule has 5 nitrogen and oxygen atoms in total. The zero-order valence-electron chi connectivity index (χ0n) is 17.0. The van der Waals surface area contributed by atoms with E-state index in [-0.39, 0.29) is 5.52 Å². The molecular formula is C22H22F3N5S. The lowest BCUT2D eigenvalue weighted by atomic mass is 10.1. The van der Waals surface area contributed by atoms with Crippen LogP contribution >= 0.6 is 11.3 Å². The van der Waals surface area contributed by atoms with Gasteiger partial charge >= 0.3 is 6.18 Å². The van der Waals surface area contributed by atoms with Crippen LogP contribution in [0, 0.1) is 6.92 Å². The average Bonchev–Trinajstić information content (AvgIpc) is 3.40. The number of aryl methyl sites for hydroxylation is 1. The second-order valence-corrected chi connectivity index (χ2v) is 8.73. The van der Waals surface area contributed by atoms with Crippen molar-refractivity contribution in [3.05, 3.63) is 47.0 Å². The number of imidazole rings is 1. The summed E-state index contributed by atoms with van der Waals surface area (Å²) < 4.78 is 44.0. The van der Waals surface area contributed by atoms with Gasteiger partial charge in [0.1, 0.15) is 5.52 Å². The molecule has 9 heteroatoms. The first-order valence-electron chi connectivity index (χ1n) is 10.3. The van der Waals surface area contributed by atoms with Crippen LogP contribution in [0.1, 0.15) is 11.3 Å². The number of hydrogen-bond acceptors (Lipinski definition) is 5. The fraction of sp³-hybridized carbons (Fsp3) is 0.364. The maximum atomic E-state index is 14.0. The van der Waals surface area contributed by atoms with Gasteiger partial charge in [-0.1, -0.05) is 24.3 Å². The maximum absolute atomic E-state index is 14.0. The number of pyridine rings is 1. The van der Waals surface area contributed by atoms with Gasteiger partial charge in [-0.2, -0.15) is 13.2 Å². The zero-order valence-corrected chi connectivity index (χ0v) is 17.9. The number of halogens is 3. The second kappa shape index (κ2) is 7.89. The van der Waals surface area contributed by atoms with Crippen molar-refractivity contribution in [1.82, 2.24) is 24.8 Å². The third kappa shape index (κ3) is 3.71. The lowest BCUT2D eigenvalue weighted by Gasteiger charge is -2.27. The Labute approximate surface area is 181 Å². The lowest BCUT2D eigenvalue weighted by molar-refractivity contribution is -0.139. The van der Waals surface area contributed by atoms with Crippen LogP contribution in [0.2, 0.25) is 0 Å². The third-order valence-electron chi connectivity index (χ3n) is 5.77. The van der Waals surface area contributed by atoms with Gasteiger partial charge in [-0.25, -0.2) is 9.97 Å². The lowest BCUT2D eigenvalue weighted by Crippen LogP contribution is -2.44. The van der Waals surface area contributed by atoms with Crippen molar-refractivity contribution in [3.63, 3.8) is 0 Å². The molecule has 0 aliphatic carbocycles. The monoisotopic (exact) mass is 445 g/mol. The molecule has 0 unspecified atom stereocenters. The molecule has 4 aromatic rings. The van der Waals surface area contributed by atoms with Crippen LogP contribution in [-0.2, 0) is 12.7 Å². The topological polar surface area (TPSA) is 46.0 Å². The number of piperazine rings is 1. The first kappa shape index (κ1) is 20.4. The minimum absolute atomic E-state index is 0.0747. The average molecular weight is 446 g/mol. The Morgan fingerprint density at radius 1 is 1.03 bits per heavy atom. The fourth-order valence-corrected chi connectivity index (χ4v) is 4.96. The molecule has 0 radical (unpaired) electrons. The summed E-state index contributed by atoms with van der Waals surface area (Å²) >= 11 is 1.48. The molecule has 1 aliphatic heterocycles. The van der Waals surface area contributed by atoms with E-state index in [9.17, 15) is 13.2 Å². The minimum Gasteiger partial charge on any atom is -0.321 e. The molecule has 1 fully saturated rings. The Hall–Kier alpha value is -2.49. The fourth-order valence-electron chi connectivity index (χ4n) is 4.24. The number of nitrogens with one attached hydrogen (secondary N) is 1. The van der Waals surface area contributed by atoms with Crippen molar-refractivity contribution in [3.8, 4) is 10.7 Å². The first-order chi connectivity index (χ1) is 14.9. The summed E-state index contributed by atoms with van der Waals surface area (Å²) in [6.07, 6.45) is -4.58. The Morgan fingerprint density at radius 3 is 2.55 bits per heavy atom. The van der Waals surface area contributed by atoms with Crippen molar-refractivity contribution in [2.75, 3.05) is 32.7 Å². The zero-order chi connectivity index (χ0) is 21.6. The summed E-state index contributed by atoms with van der Waals surface area (Å²) in [5, 5.41) is 5.96. The molecule has 4 heterocycles. The maximum Gasteiger partial charge on any atom is 0.435 e. The van der Waals surface area contributed by atoms with Gasteiger partial charge in [0.25, 0.3) is 0 Å². The van der Waals surface area contributed by atoms with Crippen LogP contribution in [0.25, 0.3) is 32.6 Å². The Morgan fingerprint density at radius 2 is 1.84 bits per heavy atom. The largest absolute Gasteiger partial charge is 0.435 e. The van der Waals surface area contributed by atoms with E-state index in [4.69, 9.17) is 0 Å². The summed E-state index contributed by atoms with van der Waals surface area (Å²) in [6.45, 7) is 6.81. The van der Waals surface area contributed by atoms with Crippen molar-refractivity contribution < 1.29 is 13.2 Å². The molecule has 0 amide bonds. The van der Waals surface area contributed by atoms with E-state index in [1.54, 1.807) is 13.0 Å². The molecule has 31 heavy (non-hydrogen) atoms. The molecule has 3 aromatic heterocycles. The van der Waals surface area contributed by atoms with E-state index in [0.29, 0.717) is 28.8 Å². The number of thiophene rings is 1. The second-order valence-electron chi connectivity index (χ2n) is 7.78. The van der Waals surface area contributed by atoms with E-state index in [1.807, 2.05) is 34.2 Å². The van der Waals surface area contributed by atoms with Gasteiger partial charge in [0.2, 0.25) is 0 Å². The minimum atomic E-state index is -4.58.